The number of tetrazole rings is 1. The van der Waals surface area contributed by atoms with Gasteiger partial charge in [0.25, 0.3) is 0 Å². The van der Waals surface area contributed by atoms with E-state index in [0.717, 1.165) is 19.6 Å². The molecule has 0 aliphatic carbocycles. The predicted molar refractivity (Wildman–Crippen MR) is 95.2 cm³/mol. The average Bonchev–Trinajstić information content (AvgIpc) is 3.09. The number of halogens is 1. The minimum Gasteiger partial charge on any atom is -0.375 e. The summed E-state index contributed by atoms with van der Waals surface area (Å²) in [6.07, 6.45) is 0.981. The highest BCUT2D eigenvalue weighted by atomic mass is 19.1. The Balaban J connectivity index is 1.48. The summed E-state index contributed by atoms with van der Waals surface area (Å²) >= 11 is 0. The van der Waals surface area contributed by atoms with E-state index in [0.29, 0.717) is 24.6 Å². The third-order valence-corrected chi connectivity index (χ3v) is 5.20. The zero-order valence-electron chi connectivity index (χ0n) is 15.3. The van der Waals surface area contributed by atoms with Crippen LogP contribution < -0.4 is 5.32 Å². The Hall–Kier alpha value is -2.59. The minimum atomic E-state index is -0.467. The molecule has 0 spiro atoms. The number of anilines is 1. The first-order chi connectivity index (χ1) is 13.0. The first-order valence-corrected chi connectivity index (χ1v) is 8.95. The van der Waals surface area contributed by atoms with E-state index in [1.54, 1.807) is 11.8 Å². The van der Waals surface area contributed by atoms with Crippen molar-refractivity contribution in [3.05, 3.63) is 29.8 Å². The van der Waals surface area contributed by atoms with Gasteiger partial charge in [-0.15, -0.1) is 5.10 Å². The van der Waals surface area contributed by atoms with Crippen LogP contribution in [0.15, 0.2) is 18.2 Å². The average molecular weight is 375 g/mol. The van der Waals surface area contributed by atoms with Gasteiger partial charge in [0.1, 0.15) is 11.5 Å². The molecule has 2 aliphatic rings. The zero-order chi connectivity index (χ0) is 19.0. The number of morpholine rings is 1. The molecule has 0 bridgehead atoms. The van der Waals surface area contributed by atoms with E-state index < -0.39 is 5.82 Å². The second-order valence-corrected chi connectivity index (χ2v) is 6.93. The van der Waals surface area contributed by atoms with Gasteiger partial charge in [-0.1, -0.05) is 0 Å². The van der Waals surface area contributed by atoms with Gasteiger partial charge in [-0.2, -0.15) is 4.68 Å². The summed E-state index contributed by atoms with van der Waals surface area (Å²) in [5, 5.41) is 13.9. The van der Waals surface area contributed by atoms with Gasteiger partial charge in [-0.3, -0.25) is 4.90 Å². The van der Waals surface area contributed by atoms with Crippen LogP contribution in [0.3, 0.4) is 0 Å². The molecule has 1 N–H and O–H groups in total. The van der Waals surface area contributed by atoms with Crippen molar-refractivity contribution < 1.29 is 13.9 Å². The molecule has 4 rings (SSSR count). The SMILES string of the molecule is Cc1nnnn1-c1cc(NC(=O)N2CC[C@H]3OCCN(C)[C@@H]3C2)ccc1F. The molecule has 2 saturated heterocycles. The number of rotatable bonds is 2. The highest BCUT2D eigenvalue weighted by molar-refractivity contribution is 5.89. The van der Waals surface area contributed by atoms with E-state index in [9.17, 15) is 9.18 Å². The summed E-state index contributed by atoms with van der Waals surface area (Å²) in [5.41, 5.74) is 0.677. The lowest BCUT2D eigenvalue weighted by molar-refractivity contribution is -0.0875. The van der Waals surface area contributed by atoms with Crippen LogP contribution >= 0.6 is 0 Å². The van der Waals surface area contributed by atoms with E-state index in [1.807, 2.05) is 0 Å². The fraction of sp³-hybridized carbons (Fsp3) is 0.529. The van der Waals surface area contributed by atoms with Gasteiger partial charge in [0.05, 0.1) is 18.8 Å². The standard InChI is InChI=1S/C17H22FN7O2/c1-11-20-21-22-25(11)14-9-12(3-4-13(14)18)19-17(26)24-6-5-16-15(10-24)23(2)7-8-27-16/h3-4,9,15-16H,5-8,10H2,1-2H3,(H,19,26)/t15-,16-/m1/s1. The monoisotopic (exact) mass is 375 g/mol. The molecule has 144 valence electrons. The van der Waals surface area contributed by atoms with Crippen LogP contribution in [0.1, 0.15) is 12.2 Å². The largest absolute Gasteiger partial charge is 0.375 e. The number of urea groups is 1. The van der Waals surface area contributed by atoms with Gasteiger partial charge in [0.15, 0.2) is 5.82 Å². The molecule has 0 unspecified atom stereocenters. The van der Waals surface area contributed by atoms with Crippen LogP contribution in [0, 0.1) is 12.7 Å². The van der Waals surface area contributed by atoms with Crippen LogP contribution in [-0.2, 0) is 4.74 Å². The van der Waals surface area contributed by atoms with Crippen molar-refractivity contribution in [2.75, 3.05) is 38.6 Å². The Bertz CT molecular complexity index is 842. The number of aryl methyl sites for hydroxylation is 1. The molecule has 1 aromatic heterocycles. The Morgan fingerprint density at radius 2 is 2.22 bits per heavy atom. The summed E-state index contributed by atoms with van der Waals surface area (Å²) in [6, 6.07) is 4.34. The lowest BCUT2D eigenvalue weighted by atomic mass is 9.99. The lowest BCUT2D eigenvalue weighted by Gasteiger charge is -2.45. The molecule has 0 saturated carbocycles. The number of carbonyl (C=O) groups is 1. The number of carbonyl (C=O) groups excluding carboxylic acids is 1. The summed E-state index contributed by atoms with van der Waals surface area (Å²) in [4.78, 5) is 16.7. The fourth-order valence-corrected chi connectivity index (χ4v) is 3.64. The molecule has 9 nitrogen and oxygen atoms in total. The third-order valence-electron chi connectivity index (χ3n) is 5.20. The molecular weight excluding hydrogens is 353 g/mol. The van der Waals surface area contributed by atoms with Gasteiger partial charge in [0, 0.05) is 25.3 Å². The number of hydrogen-bond donors (Lipinski definition) is 1. The van der Waals surface area contributed by atoms with Crippen molar-refractivity contribution in [3.63, 3.8) is 0 Å². The van der Waals surface area contributed by atoms with Gasteiger partial charge in [0.2, 0.25) is 0 Å². The first-order valence-electron chi connectivity index (χ1n) is 8.95. The second-order valence-electron chi connectivity index (χ2n) is 6.93. The number of amides is 2. The number of fused-ring (bicyclic) bond motifs is 1. The quantitative estimate of drug-likeness (QED) is 0.844. The molecule has 3 heterocycles. The summed E-state index contributed by atoms with van der Waals surface area (Å²) in [5.74, 6) is -0.00928. The Morgan fingerprint density at radius 3 is 3.00 bits per heavy atom. The predicted octanol–water partition coefficient (Wildman–Crippen LogP) is 1.05. The number of piperidine rings is 1. The number of benzene rings is 1. The fourth-order valence-electron chi connectivity index (χ4n) is 3.64. The van der Waals surface area contributed by atoms with Crippen molar-refractivity contribution in [3.8, 4) is 5.69 Å². The molecule has 2 aromatic rings. The maximum Gasteiger partial charge on any atom is 0.321 e. The van der Waals surface area contributed by atoms with E-state index in [-0.39, 0.29) is 23.9 Å². The normalized spacial score (nSPS) is 23.1. The van der Waals surface area contributed by atoms with E-state index >= 15 is 0 Å². The van der Waals surface area contributed by atoms with Crippen molar-refractivity contribution in [2.45, 2.75) is 25.5 Å². The maximum atomic E-state index is 14.2. The number of likely N-dealkylation sites (tertiary alicyclic amines) is 1. The van der Waals surface area contributed by atoms with Gasteiger partial charge in [-0.05, 0) is 49.0 Å². The van der Waals surface area contributed by atoms with Crippen LogP contribution in [0.25, 0.3) is 5.69 Å². The molecule has 0 radical (unpaired) electrons. The second kappa shape index (κ2) is 7.20. The molecule has 2 amide bonds. The van der Waals surface area contributed by atoms with Crippen molar-refractivity contribution in [1.29, 1.82) is 0 Å². The molecular formula is C17H22FN7O2. The zero-order valence-corrected chi connectivity index (χ0v) is 15.3. The topological polar surface area (TPSA) is 88.4 Å². The summed E-state index contributed by atoms with van der Waals surface area (Å²) in [6.45, 7) is 4.51. The summed E-state index contributed by atoms with van der Waals surface area (Å²) < 4.78 is 21.3. The maximum absolute atomic E-state index is 14.2. The van der Waals surface area contributed by atoms with Crippen LogP contribution in [0.2, 0.25) is 0 Å². The molecule has 1 aromatic carbocycles. The smallest absolute Gasteiger partial charge is 0.321 e. The van der Waals surface area contributed by atoms with Crippen molar-refractivity contribution in [2.24, 2.45) is 0 Å². The van der Waals surface area contributed by atoms with E-state index in [1.165, 1.54) is 22.9 Å². The Labute approximate surface area is 156 Å². The number of nitrogens with one attached hydrogen (secondary N) is 1. The van der Waals surface area contributed by atoms with Crippen molar-refractivity contribution >= 4 is 11.7 Å². The number of nitrogens with zero attached hydrogens (tertiary/aromatic N) is 6. The highest BCUT2D eigenvalue weighted by Crippen LogP contribution is 2.23. The Morgan fingerprint density at radius 1 is 1.37 bits per heavy atom. The van der Waals surface area contributed by atoms with Gasteiger partial charge >= 0.3 is 6.03 Å². The van der Waals surface area contributed by atoms with Crippen LogP contribution in [0.4, 0.5) is 14.9 Å². The summed E-state index contributed by atoms with van der Waals surface area (Å²) in [7, 11) is 2.06. The van der Waals surface area contributed by atoms with Crippen LogP contribution in [0.5, 0.6) is 0 Å². The van der Waals surface area contributed by atoms with Gasteiger partial charge in [-0.25, -0.2) is 9.18 Å². The highest BCUT2D eigenvalue weighted by Gasteiger charge is 2.36. The van der Waals surface area contributed by atoms with Crippen LogP contribution in [-0.4, -0.2) is 81.5 Å². The first kappa shape index (κ1) is 17.8. The minimum absolute atomic E-state index is 0.174. The molecule has 2 fully saturated rings. The molecule has 27 heavy (non-hydrogen) atoms. The molecule has 2 aliphatic heterocycles. The van der Waals surface area contributed by atoms with E-state index in [4.69, 9.17) is 4.74 Å². The van der Waals surface area contributed by atoms with E-state index in [2.05, 4.69) is 32.8 Å². The molecule has 10 heteroatoms. The molecule has 2 atom stereocenters. The number of hydrogen-bond acceptors (Lipinski definition) is 6. The van der Waals surface area contributed by atoms with Gasteiger partial charge < -0.3 is 15.0 Å². The Kier molecular flexibility index (Phi) is 4.75. The van der Waals surface area contributed by atoms with Crippen molar-refractivity contribution in [1.82, 2.24) is 30.0 Å². The number of ether oxygens (including phenoxy) is 1. The number of likely N-dealkylation sites (N-methyl/N-ethyl adjacent to an activating group) is 1. The number of aromatic nitrogens is 4. The lowest BCUT2D eigenvalue weighted by Crippen LogP contribution is -2.60. The third kappa shape index (κ3) is 3.50.